The number of likely N-dealkylation sites (tertiary alicyclic amines) is 1. The minimum Gasteiger partial charge on any atom is -0.444 e. The van der Waals surface area contributed by atoms with Crippen molar-refractivity contribution in [1.82, 2.24) is 19.7 Å². The second-order valence-electron chi connectivity index (χ2n) is 5.15. The fraction of sp³-hybridized carbons (Fsp3) is 0.538. The van der Waals surface area contributed by atoms with Crippen molar-refractivity contribution in [2.24, 2.45) is 0 Å². The SMILES string of the molecule is CC(C)c1cnc(CN2CC(n3cccn3)C2)o1. The summed E-state index contributed by atoms with van der Waals surface area (Å²) in [5, 5.41) is 4.26. The van der Waals surface area contributed by atoms with E-state index in [1.54, 1.807) is 0 Å². The first-order valence-corrected chi connectivity index (χ1v) is 6.38. The Morgan fingerprint density at radius 1 is 1.44 bits per heavy atom. The Labute approximate surface area is 106 Å². The Kier molecular flexibility index (Phi) is 2.91. The average molecular weight is 246 g/mol. The maximum atomic E-state index is 5.70. The predicted octanol–water partition coefficient (Wildman–Crippen LogP) is 2.05. The van der Waals surface area contributed by atoms with Gasteiger partial charge in [-0.3, -0.25) is 9.58 Å². The molecule has 1 aliphatic heterocycles. The van der Waals surface area contributed by atoms with Gasteiger partial charge in [0, 0.05) is 31.4 Å². The van der Waals surface area contributed by atoms with Crippen LogP contribution in [0.25, 0.3) is 0 Å². The van der Waals surface area contributed by atoms with Crippen LogP contribution >= 0.6 is 0 Å². The van der Waals surface area contributed by atoms with Crippen molar-refractivity contribution in [3.05, 3.63) is 36.3 Å². The minimum atomic E-state index is 0.402. The maximum absolute atomic E-state index is 5.70. The summed E-state index contributed by atoms with van der Waals surface area (Å²) in [6, 6.07) is 2.46. The largest absolute Gasteiger partial charge is 0.444 e. The molecule has 3 heterocycles. The van der Waals surface area contributed by atoms with Crippen molar-refractivity contribution in [3.8, 4) is 0 Å². The van der Waals surface area contributed by atoms with Crippen LogP contribution in [0.3, 0.4) is 0 Å². The van der Waals surface area contributed by atoms with Crippen LogP contribution in [0.15, 0.2) is 29.1 Å². The van der Waals surface area contributed by atoms with Gasteiger partial charge in [-0.2, -0.15) is 5.10 Å². The fourth-order valence-electron chi connectivity index (χ4n) is 2.19. The van der Waals surface area contributed by atoms with Gasteiger partial charge in [-0.15, -0.1) is 0 Å². The monoisotopic (exact) mass is 246 g/mol. The summed E-state index contributed by atoms with van der Waals surface area (Å²) in [6.07, 6.45) is 5.68. The summed E-state index contributed by atoms with van der Waals surface area (Å²) in [4.78, 5) is 6.64. The van der Waals surface area contributed by atoms with Crippen molar-refractivity contribution < 1.29 is 4.42 Å². The predicted molar refractivity (Wildman–Crippen MR) is 67.1 cm³/mol. The van der Waals surface area contributed by atoms with Crippen molar-refractivity contribution >= 4 is 0 Å². The third-order valence-corrected chi connectivity index (χ3v) is 3.34. The Bertz CT molecular complexity index is 497. The molecule has 0 unspecified atom stereocenters. The van der Waals surface area contributed by atoms with E-state index >= 15 is 0 Å². The van der Waals surface area contributed by atoms with Gasteiger partial charge in [-0.25, -0.2) is 4.98 Å². The summed E-state index contributed by atoms with van der Waals surface area (Å²) >= 11 is 0. The lowest BCUT2D eigenvalue weighted by atomic mass is 10.1. The molecule has 0 atom stereocenters. The number of oxazole rings is 1. The van der Waals surface area contributed by atoms with Gasteiger partial charge < -0.3 is 4.42 Å². The Balaban J connectivity index is 1.53. The first kappa shape index (κ1) is 11.5. The van der Waals surface area contributed by atoms with E-state index in [0.29, 0.717) is 12.0 Å². The summed E-state index contributed by atoms with van der Waals surface area (Å²) in [5.41, 5.74) is 0. The van der Waals surface area contributed by atoms with E-state index in [1.165, 1.54) is 0 Å². The van der Waals surface area contributed by atoms with Crippen molar-refractivity contribution in [1.29, 1.82) is 0 Å². The van der Waals surface area contributed by atoms with E-state index in [9.17, 15) is 0 Å². The van der Waals surface area contributed by atoms with E-state index in [-0.39, 0.29) is 0 Å². The Hall–Kier alpha value is -1.62. The summed E-state index contributed by atoms with van der Waals surface area (Å²) < 4.78 is 7.72. The molecule has 0 bridgehead atoms. The van der Waals surface area contributed by atoms with Crippen LogP contribution < -0.4 is 0 Å². The van der Waals surface area contributed by atoms with Crippen molar-refractivity contribution in [3.63, 3.8) is 0 Å². The number of hydrogen-bond donors (Lipinski definition) is 0. The van der Waals surface area contributed by atoms with Crippen LogP contribution in [0.4, 0.5) is 0 Å². The highest BCUT2D eigenvalue weighted by Gasteiger charge is 2.29. The molecule has 2 aromatic heterocycles. The van der Waals surface area contributed by atoms with Crippen LogP contribution in [-0.2, 0) is 6.54 Å². The van der Waals surface area contributed by atoms with Crippen LogP contribution in [0, 0.1) is 0 Å². The molecule has 0 saturated carbocycles. The number of aromatic nitrogens is 3. The van der Waals surface area contributed by atoms with Crippen molar-refractivity contribution in [2.45, 2.75) is 32.4 Å². The molecule has 1 saturated heterocycles. The zero-order chi connectivity index (χ0) is 12.5. The van der Waals surface area contributed by atoms with Gasteiger partial charge in [-0.1, -0.05) is 13.8 Å². The molecule has 1 aliphatic rings. The summed E-state index contributed by atoms with van der Waals surface area (Å²) in [5.74, 6) is 2.19. The molecular formula is C13H18N4O. The lowest BCUT2D eigenvalue weighted by molar-refractivity contribution is 0.0810. The molecule has 0 aliphatic carbocycles. The first-order valence-electron chi connectivity index (χ1n) is 6.38. The molecule has 0 spiro atoms. The van der Waals surface area contributed by atoms with Crippen LogP contribution in [0.1, 0.15) is 37.5 Å². The zero-order valence-electron chi connectivity index (χ0n) is 10.8. The van der Waals surface area contributed by atoms with Gasteiger partial charge >= 0.3 is 0 Å². The first-order chi connectivity index (χ1) is 8.72. The highest BCUT2D eigenvalue weighted by Crippen LogP contribution is 2.23. The highest BCUT2D eigenvalue weighted by molar-refractivity contribution is 5.00. The van der Waals surface area contributed by atoms with Crippen LogP contribution in [0.2, 0.25) is 0 Å². The minimum absolute atomic E-state index is 0.402. The molecule has 0 amide bonds. The molecule has 3 rings (SSSR count). The third-order valence-electron chi connectivity index (χ3n) is 3.34. The normalized spacial score (nSPS) is 17.3. The standard InChI is InChI=1S/C13H18N4O/c1-10(2)12-6-14-13(18-12)9-16-7-11(8-16)17-5-3-4-15-17/h3-6,10-11H,7-9H2,1-2H3. The molecule has 5 nitrogen and oxygen atoms in total. The van der Waals surface area contributed by atoms with E-state index in [1.807, 2.05) is 29.3 Å². The van der Waals surface area contributed by atoms with Gasteiger partial charge in [0.05, 0.1) is 18.8 Å². The summed E-state index contributed by atoms with van der Waals surface area (Å²) in [7, 11) is 0. The van der Waals surface area contributed by atoms with Crippen LogP contribution in [-0.4, -0.2) is 32.8 Å². The van der Waals surface area contributed by atoms with Gasteiger partial charge in [0.1, 0.15) is 5.76 Å². The molecule has 0 N–H and O–H groups in total. The Morgan fingerprint density at radius 2 is 2.28 bits per heavy atom. The molecule has 96 valence electrons. The van der Waals surface area contributed by atoms with Gasteiger partial charge in [0.2, 0.25) is 5.89 Å². The highest BCUT2D eigenvalue weighted by atomic mass is 16.4. The number of hydrogen-bond acceptors (Lipinski definition) is 4. The molecule has 1 fully saturated rings. The quantitative estimate of drug-likeness (QED) is 0.828. The third kappa shape index (κ3) is 2.18. The summed E-state index contributed by atoms with van der Waals surface area (Å²) in [6.45, 7) is 7.05. The van der Waals surface area contributed by atoms with Crippen molar-refractivity contribution in [2.75, 3.05) is 13.1 Å². The van der Waals surface area contributed by atoms with E-state index in [0.717, 1.165) is 31.3 Å². The second kappa shape index (κ2) is 4.57. The maximum Gasteiger partial charge on any atom is 0.208 e. The number of rotatable bonds is 4. The number of nitrogens with zero attached hydrogens (tertiary/aromatic N) is 4. The molecular weight excluding hydrogens is 228 g/mol. The molecule has 18 heavy (non-hydrogen) atoms. The van der Waals surface area contributed by atoms with Gasteiger partial charge in [0.15, 0.2) is 0 Å². The van der Waals surface area contributed by atoms with E-state index < -0.39 is 0 Å². The average Bonchev–Trinajstić information content (AvgIpc) is 2.94. The zero-order valence-corrected chi connectivity index (χ0v) is 10.8. The lowest BCUT2D eigenvalue weighted by Gasteiger charge is -2.38. The molecule has 0 aromatic carbocycles. The molecule has 0 radical (unpaired) electrons. The van der Waals surface area contributed by atoms with E-state index in [4.69, 9.17) is 4.42 Å². The second-order valence-corrected chi connectivity index (χ2v) is 5.15. The van der Waals surface area contributed by atoms with Gasteiger partial charge in [-0.05, 0) is 6.07 Å². The molecule has 5 heteroatoms. The topological polar surface area (TPSA) is 47.1 Å². The lowest BCUT2D eigenvalue weighted by Crippen LogP contribution is -2.47. The van der Waals surface area contributed by atoms with Crippen LogP contribution in [0.5, 0.6) is 0 Å². The Morgan fingerprint density at radius 3 is 2.89 bits per heavy atom. The fourth-order valence-corrected chi connectivity index (χ4v) is 2.19. The van der Waals surface area contributed by atoms with E-state index in [2.05, 4.69) is 28.8 Å². The van der Waals surface area contributed by atoms with Gasteiger partial charge in [0.25, 0.3) is 0 Å². The molecule has 2 aromatic rings. The smallest absolute Gasteiger partial charge is 0.208 e.